The van der Waals surface area contributed by atoms with Gasteiger partial charge in [0.15, 0.2) is 0 Å². The van der Waals surface area contributed by atoms with Crippen LogP contribution in [0.15, 0.2) is 23.3 Å². The average Bonchev–Trinajstić information content (AvgIpc) is 2.14. The second-order valence-electron chi connectivity index (χ2n) is 4.29. The van der Waals surface area contributed by atoms with E-state index in [0.717, 1.165) is 18.4 Å². The SMILES string of the molecule is CC(C)=CCC/C(C)=C/C(=O)OCC(C)O. The lowest BCUT2D eigenvalue weighted by molar-refractivity contribution is -0.140. The van der Waals surface area contributed by atoms with Crippen LogP contribution in [0.25, 0.3) is 0 Å². The lowest BCUT2D eigenvalue weighted by Gasteiger charge is -2.04. The lowest BCUT2D eigenvalue weighted by atomic mass is 10.1. The average molecular weight is 226 g/mol. The van der Waals surface area contributed by atoms with Crippen LogP contribution in [0.1, 0.15) is 40.5 Å². The zero-order valence-electron chi connectivity index (χ0n) is 10.6. The molecule has 0 aromatic rings. The maximum absolute atomic E-state index is 11.2. The van der Waals surface area contributed by atoms with Gasteiger partial charge in [0, 0.05) is 6.08 Å². The van der Waals surface area contributed by atoms with Gasteiger partial charge in [0.2, 0.25) is 0 Å². The quantitative estimate of drug-likeness (QED) is 0.430. The fourth-order valence-electron chi connectivity index (χ4n) is 1.11. The van der Waals surface area contributed by atoms with Crippen LogP contribution in [-0.2, 0) is 9.53 Å². The summed E-state index contributed by atoms with van der Waals surface area (Å²) in [6.07, 6.45) is 4.81. The summed E-state index contributed by atoms with van der Waals surface area (Å²) in [4.78, 5) is 11.2. The van der Waals surface area contributed by atoms with Crippen LogP contribution in [-0.4, -0.2) is 23.8 Å². The van der Waals surface area contributed by atoms with Crippen molar-refractivity contribution in [1.82, 2.24) is 0 Å². The summed E-state index contributed by atoms with van der Waals surface area (Å²) < 4.78 is 4.82. The van der Waals surface area contributed by atoms with Crippen molar-refractivity contribution < 1.29 is 14.6 Å². The lowest BCUT2D eigenvalue weighted by Crippen LogP contribution is -2.13. The third-order valence-electron chi connectivity index (χ3n) is 1.92. The monoisotopic (exact) mass is 226 g/mol. The van der Waals surface area contributed by atoms with E-state index in [4.69, 9.17) is 9.84 Å². The maximum atomic E-state index is 11.2. The molecule has 0 aromatic heterocycles. The first-order chi connectivity index (χ1) is 7.41. The molecule has 1 N–H and O–H groups in total. The van der Waals surface area contributed by atoms with Gasteiger partial charge in [-0.1, -0.05) is 17.2 Å². The largest absolute Gasteiger partial charge is 0.460 e. The highest BCUT2D eigenvalue weighted by atomic mass is 16.5. The highest BCUT2D eigenvalue weighted by Gasteiger charge is 2.02. The molecule has 92 valence electrons. The molecular formula is C13H22O3. The number of ether oxygens (including phenoxy) is 1. The van der Waals surface area contributed by atoms with Gasteiger partial charge in [-0.05, 0) is 40.5 Å². The minimum absolute atomic E-state index is 0.0522. The summed E-state index contributed by atoms with van der Waals surface area (Å²) in [5, 5.41) is 8.93. The molecule has 1 unspecified atom stereocenters. The number of hydrogen-bond donors (Lipinski definition) is 1. The summed E-state index contributed by atoms with van der Waals surface area (Å²) in [5.74, 6) is -0.379. The van der Waals surface area contributed by atoms with E-state index in [0.29, 0.717) is 0 Å². The van der Waals surface area contributed by atoms with Crippen molar-refractivity contribution in [1.29, 1.82) is 0 Å². The highest BCUT2D eigenvalue weighted by molar-refractivity contribution is 5.82. The number of esters is 1. The van der Waals surface area contributed by atoms with Crippen molar-refractivity contribution >= 4 is 5.97 Å². The summed E-state index contributed by atoms with van der Waals surface area (Å²) in [7, 11) is 0. The van der Waals surface area contributed by atoms with E-state index < -0.39 is 6.10 Å². The molecular weight excluding hydrogens is 204 g/mol. The molecule has 0 amide bonds. The van der Waals surface area contributed by atoms with Crippen molar-refractivity contribution in [3.8, 4) is 0 Å². The molecule has 0 aliphatic rings. The summed E-state index contributed by atoms with van der Waals surface area (Å²) in [6.45, 7) is 7.64. The number of aliphatic hydroxyl groups excluding tert-OH is 1. The van der Waals surface area contributed by atoms with Crippen LogP contribution in [0.4, 0.5) is 0 Å². The van der Waals surface area contributed by atoms with Crippen LogP contribution < -0.4 is 0 Å². The molecule has 0 aromatic carbocycles. The molecule has 0 heterocycles. The fraction of sp³-hybridized carbons (Fsp3) is 0.615. The van der Waals surface area contributed by atoms with Gasteiger partial charge in [0.05, 0.1) is 6.10 Å². The van der Waals surface area contributed by atoms with Crippen molar-refractivity contribution in [2.45, 2.75) is 46.6 Å². The first-order valence-corrected chi connectivity index (χ1v) is 5.57. The molecule has 0 saturated heterocycles. The summed E-state index contributed by atoms with van der Waals surface area (Å²) in [6, 6.07) is 0. The van der Waals surface area contributed by atoms with E-state index in [1.54, 1.807) is 6.92 Å². The van der Waals surface area contributed by atoms with E-state index in [1.165, 1.54) is 11.6 Å². The predicted molar refractivity (Wildman–Crippen MR) is 65.1 cm³/mol. The van der Waals surface area contributed by atoms with E-state index in [9.17, 15) is 4.79 Å². The Balaban J connectivity index is 3.92. The maximum Gasteiger partial charge on any atom is 0.330 e. The van der Waals surface area contributed by atoms with Crippen molar-refractivity contribution in [3.63, 3.8) is 0 Å². The number of aliphatic hydroxyl groups is 1. The Hall–Kier alpha value is -1.09. The molecule has 0 saturated carbocycles. The Labute approximate surface area is 97.8 Å². The van der Waals surface area contributed by atoms with Crippen molar-refractivity contribution in [2.24, 2.45) is 0 Å². The topological polar surface area (TPSA) is 46.5 Å². The van der Waals surface area contributed by atoms with Crippen LogP contribution in [0.5, 0.6) is 0 Å². The second-order valence-corrected chi connectivity index (χ2v) is 4.29. The molecule has 3 nitrogen and oxygen atoms in total. The standard InChI is InChI=1S/C13H22O3/c1-10(2)6-5-7-11(3)8-13(15)16-9-12(4)14/h6,8,12,14H,5,7,9H2,1-4H3/b11-8+. The van der Waals surface area contributed by atoms with E-state index >= 15 is 0 Å². The normalized spacial score (nSPS) is 13.2. The Morgan fingerprint density at radius 2 is 2.00 bits per heavy atom. The number of rotatable bonds is 6. The third kappa shape index (κ3) is 9.46. The molecule has 0 fully saturated rings. The third-order valence-corrected chi connectivity index (χ3v) is 1.92. The summed E-state index contributed by atoms with van der Waals surface area (Å²) in [5.41, 5.74) is 2.28. The number of carbonyl (C=O) groups is 1. The zero-order chi connectivity index (χ0) is 12.6. The Bertz CT molecular complexity index is 271. The predicted octanol–water partition coefficient (Wildman–Crippen LogP) is 2.60. The van der Waals surface area contributed by atoms with E-state index in [2.05, 4.69) is 19.9 Å². The minimum atomic E-state index is -0.608. The Kier molecular flexibility index (Phi) is 7.56. The highest BCUT2D eigenvalue weighted by Crippen LogP contribution is 2.06. The fourth-order valence-corrected chi connectivity index (χ4v) is 1.11. The first-order valence-electron chi connectivity index (χ1n) is 5.57. The van der Waals surface area contributed by atoms with Gasteiger partial charge < -0.3 is 9.84 Å². The van der Waals surface area contributed by atoms with Crippen LogP contribution in [0, 0.1) is 0 Å². The molecule has 0 bridgehead atoms. The first kappa shape index (κ1) is 14.9. The molecule has 0 spiro atoms. The minimum Gasteiger partial charge on any atom is -0.460 e. The van der Waals surface area contributed by atoms with Gasteiger partial charge in [-0.25, -0.2) is 4.79 Å². The molecule has 1 atom stereocenters. The number of carbonyl (C=O) groups excluding carboxylic acids is 1. The number of allylic oxidation sites excluding steroid dienone is 3. The molecule has 16 heavy (non-hydrogen) atoms. The zero-order valence-corrected chi connectivity index (χ0v) is 10.6. The smallest absolute Gasteiger partial charge is 0.330 e. The van der Waals surface area contributed by atoms with Gasteiger partial charge in [-0.15, -0.1) is 0 Å². The Morgan fingerprint density at radius 1 is 1.38 bits per heavy atom. The number of hydrogen-bond acceptors (Lipinski definition) is 3. The second kappa shape index (κ2) is 8.11. The van der Waals surface area contributed by atoms with E-state index in [1.807, 2.05) is 6.92 Å². The van der Waals surface area contributed by atoms with Crippen molar-refractivity contribution in [3.05, 3.63) is 23.3 Å². The van der Waals surface area contributed by atoms with Crippen LogP contribution in [0.2, 0.25) is 0 Å². The van der Waals surface area contributed by atoms with Crippen LogP contribution in [0.3, 0.4) is 0 Å². The van der Waals surface area contributed by atoms with Crippen molar-refractivity contribution in [2.75, 3.05) is 6.61 Å². The van der Waals surface area contributed by atoms with Gasteiger partial charge in [0.1, 0.15) is 6.61 Å². The molecule has 3 heteroatoms. The van der Waals surface area contributed by atoms with Gasteiger partial charge in [0.25, 0.3) is 0 Å². The van der Waals surface area contributed by atoms with Gasteiger partial charge in [-0.3, -0.25) is 0 Å². The molecule has 0 radical (unpaired) electrons. The van der Waals surface area contributed by atoms with Gasteiger partial charge >= 0.3 is 5.97 Å². The van der Waals surface area contributed by atoms with E-state index in [-0.39, 0.29) is 12.6 Å². The molecule has 0 aliphatic heterocycles. The summed E-state index contributed by atoms with van der Waals surface area (Å²) >= 11 is 0. The molecule has 0 rings (SSSR count). The Morgan fingerprint density at radius 3 is 2.50 bits per heavy atom. The van der Waals surface area contributed by atoms with Gasteiger partial charge in [-0.2, -0.15) is 0 Å². The molecule has 0 aliphatic carbocycles. The van der Waals surface area contributed by atoms with Crippen LogP contribution >= 0.6 is 0 Å².